The van der Waals surface area contributed by atoms with Crippen molar-refractivity contribution in [3.05, 3.63) is 53.1 Å². The number of halogens is 1. The van der Waals surface area contributed by atoms with Crippen LogP contribution in [0, 0.1) is 23.1 Å². The first-order valence-electron chi connectivity index (χ1n) is 11.2. The molecule has 0 unspecified atom stereocenters. The van der Waals surface area contributed by atoms with Gasteiger partial charge < -0.3 is 10.0 Å². The van der Waals surface area contributed by atoms with Crippen molar-refractivity contribution in [3.63, 3.8) is 0 Å². The number of hydrogen-bond acceptors (Lipinski definition) is 3. The second-order valence-corrected chi connectivity index (χ2v) is 9.78. The number of nitrogens with zero attached hydrogens (tertiary/aromatic N) is 3. The van der Waals surface area contributed by atoms with Gasteiger partial charge in [-0.2, -0.15) is 5.10 Å². The number of carbonyl (C=O) groups excluding carboxylic acids is 1. The summed E-state index contributed by atoms with van der Waals surface area (Å²) in [7, 11) is 0. The highest BCUT2D eigenvalue weighted by molar-refractivity contribution is 5.82. The molecule has 2 aliphatic carbocycles. The lowest BCUT2D eigenvalue weighted by molar-refractivity contribution is -0.140. The lowest BCUT2D eigenvalue weighted by Crippen LogP contribution is -2.46. The van der Waals surface area contributed by atoms with Crippen molar-refractivity contribution in [2.24, 2.45) is 17.3 Å². The Balaban J connectivity index is 1.63. The normalized spacial score (nSPS) is 23.3. The number of hydrogen-bond donors (Lipinski definition) is 1. The molecule has 6 heteroatoms. The molecule has 0 saturated heterocycles. The molecular weight excluding hydrogens is 393 g/mol. The monoisotopic (exact) mass is 425 g/mol. The SMILES string of the molecule is CC(C)CN(C[C@H](C)O)C(=O)[C@H]1CCC2=Cc3c(cnn3-c3ccc(F)cc3)C[C@@]21C. The van der Waals surface area contributed by atoms with Crippen LogP contribution in [-0.2, 0) is 11.2 Å². The third-order valence-corrected chi connectivity index (χ3v) is 6.71. The Morgan fingerprint density at radius 2 is 2.00 bits per heavy atom. The molecule has 0 radical (unpaired) electrons. The number of rotatable bonds is 6. The molecule has 1 amide bonds. The molecule has 1 aromatic carbocycles. The molecule has 0 aliphatic heterocycles. The van der Waals surface area contributed by atoms with E-state index in [1.165, 1.54) is 17.7 Å². The molecule has 3 atom stereocenters. The standard InChI is InChI=1S/C25H32FN3O2/c1-16(2)14-28(15-17(3)30)24(31)22-10-5-19-11-23-18(12-25(19,22)4)13-27-29(23)21-8-6-20(26)7-9-21/h6-9,11,13,16-17,22,30H,5,10,12,14-15H2,1-4H3/t17-,22+,25-/m0/s1. The van der Waals surface area contributed by atoms with Gasteiger partial charge in [-0.15, -0.1) is 0 Å². The van der Waals surface area contributed by atoms with Gasteiger partial charge in [0, 0.05) is 24.4 Å². The highest BCUT2D eigenvalue weighted by atomic mass is 19.1. The highest BCUT2D eigenvalue weighted by Crippen LogP contribution is 2.53. The number of benzene rings is 1. The predicted molar refractivity (Wildman–Crippen MR) is 119 cm³/mol. The number of amides is 1. The van der Waals surface area contributed by atoms with E-state index in [1.807, 2.05) is 15.8 Å². The van der Waals surface area contributed by atoms with E-state index in [-0.39, 0.29) is 23.1 Å². The van der Waals surface area contributed by atoms with E-state index >= 15 is 0 Å². The van der Waals surface area contributed by atoms with E-state index in [2.05, 4.69) is 31.9 Å². The number of aliphatic hydroxyl groups is 1. The van der Waals surface area contributed by atoms with E-state index in [0.29, 0.717) is 19.0 Å². The molecule has 0 bridgehead atoms. The first kappa shape index (κ1) is 21.8. The number of aromatic nitrogens is 2. The van der Waals surface area contributed by atoms with Gasteiger partial charge in [0.25, 0.3) is 0 Å². The largest absolute Gasteiger partial charge is 0.392 e. The molecule has 4 rings (SSSR count). The fourth-order valence-corrected chi connectivity index (χ4v) is 5.26. The fraction of sp³-hybridized carbons (Fsp3) is 0.520. The van der Waals surface area contributed by atoms with Crippen molar-refractivity contribution >= 4 is 12.0 Å². The summed E-state index contributed by atoms with van der Waals surface area (Å²) in [6, 6.07) is 6.35. The first-order chi connectivity index (χ1) is 14.7. The number of carbonyl (C=O) groups is 1. The number of allylic oxidation sites excluding steroid dienone is 1. The Bertz CT molecular complexity index is 983. The third-order valence-electron chi connectivity index (χ3n) is 6.71. The van der Waals surface area contributed by atoms with Crippen molar-refractivity contribution in [1.82, 2.24) is 14.7 Å². The molecule has 1 N–H and O–H groups in total. The third kappa shape index (κ3) is 4.05. The maximum atomic E-state index is 13.6. The van der Waals surface area contributed by atoms with E-state index in [4.69, 9.17) is 0 Å². The molecule has 1 heterocycles. The van der Waals surface area contributed by atoms with Gasteiger partial charge in [-0.05, 0) is 68.0 Å². The lowest BCUT2D eigenvalue weighted by atomic mass is 9.69. The Labute approximate surface area is 183 Å². The molecule has 5 nitrogen and oxygen atoms in total. The molecule has 2 aliphatic rings. The number of fused-ring (bicyclic) bond motifs is 2. The van der Waals surface area contributed by atoms with Crippen molar-refractivity contribution < 1.29 is 14.3 Å². The molecule has 1 aromatic heterocycles. The van der Waals surface area contributed by atoms with Crippen LogP contribution in [0.2, 0.25) is 0 Å². The number of aliphatic hydroxyl groups excluding tert-OH is 1. The van der Waals surface area contributed by atoms with Crippen LogP contribution in [-0.4, -0.2) is 44.9 Å². The van der Waals surface area contributed by atoms with Gasteiger partial charge in [0.1, 0.15) is 5.82 Å². The highest BCUT2D eigenvalue weighted by Gasteiger charge is 2.49. The minimum absolute atomic E-state index is 0.0985. The zero-order valence-corrected chi connectivity index (χ0v) is 18.8. The van der Waals surface area contributed by atoms with Crippen LogP contribution in [0.4, 0.5) is 4.39 Å². The minimum Gasteiger partial charge on any atom is -0.392 e. The van der Waals surface area contributed by atoms with Crippen LogP contribution < -0.4 is 0 Å². The van der Waals surface area contributed by atoms with Crippen molar-refractivity contribution in [2.45, 2.75) is 53.1 Å². The smallest absolute Gasteiger partial charge is 0.226 e. The Hall–Kier alpha value is -2.47. The summed E-state index contributed by atoms with van der Waals surface area (Å²) in [6.45, 7) is 9.16. The summed E-state index contributed by atoms with van der Waals surface area (Å²) in [5, 5.41) is 14.5. The molecule has 31 heavy (non-hydrogen) atoms. The predicted octanol–water partition coefficient (Wildman–Crippen LogP) is 4.23. The van der Waals surface area contributed by atoms with Crippen LogP contribution >= 0.6 is 0 Å². The van der Waals surface area contributed by atoms with E-state index in [0.717, 1.165) is 36.2 Å². The van der Waals surface area contributed by atoms with Crippen LogP contribution in [0.25, 0.3) is 11.8 Å². The molecule has 1 fully saturated rings. The van der Waals surface area contributed by atoms with E-state index < -0.39 is 6.10 Å². The van der Waals surface area contributed by atoms with Crippen LogP contribution in [0.5, 0.6) is 0 Å². The Kier molecular flexibility index (Phi) is 5.77. The summed E-state index contributed by atoms with van der Waals surface area (Å²) >= 11 is 0. The van der Waals surface area contributed by atoms with Gasteiger partial charge >= 0.3 is 0 Å². The summed E-state index contributed by atoms with van der Waals surface area (Å²) in [5.41, 5.74) is 4.00. The molecule has 166 valence electrons. The van der Waals surface area contributed by atoms with Gasteiger partial charge in [-0.1, -0.05) is 26.3 Å². The van der Waals surface area contributed by atoms with Crippen LogP contribution in [0.3, 0.4) is 0 Å². The first-order valence-corrected chi connectivity index (χ1v) is 11.2. The molecule has 2 aromatic rings. The summed E-state index contributed by atoms with van der Waals surface area (Å²) in [4.78, 5) is 15.4. The van der Waals surface area contributed by atoms with Crippen molar-refractivity contribution in [3.8, 4) is 5.69 Å². The van der Waals surface area contributed by atoms with Crippen LogP contribution in [0.15, 0.2) is 36.0 Å². The van der Waals surface area contributed by atoms with Gasteiger partial charge in [-0.3, -0.25) is 4.79 Å². The summed E-state index contributed by atoms with van der Waals surface area (Å²) in [5.74, 6) is 0.128. The quantitative estimate of drug-likeness (QED) is 0.753. The maximum Gasteiger partial charge on any atom is 0.226 e. The molecule has 0 spiro atoms. The van der Waals surface area contributed by atoms with Crippen molar-refractivity contribution in [1.29, 1.82) is 0 Å². The van der Waals surface area contributed by atoms with Crippen molar-refractivity contribution in [2.75, 3.05) is 13.1 Å². The average Bonchev–Trinajstić information content (AvgIpc) is 3.24. The fourth-order valence-electron chi connectivity index (χ4n) is 5.26. The Morgan fingerprint density at radius 1 is 1.29 bits per heavy atom. The Morgan fingerprint density at radius 3 is 2.65 bits per heavy atom. The van der Waals surface area contributed by atoms with Crippen LogP contribution in [0.1, 0.15) is 51.8 Å². The summed E-state index contributed by atoms with van der Waals surface area (Å²) in [6.07, 6.45) is 5.98. The second-order valence-electron chi connectivity index (χ2n) is 9.78. The lowest BCUT2D eigenvalue weighted by Gasteiger charge is -2.38. The zero-order valence-electron chi connectivity index (χ0n) is 18.8. The van der Waals surface area contributed by atoms with Gasteiger partial charge in [0.15, 0.2) is 0 Å². The van der Waals surface area contributed by atoms with Gasteiger partial charge in [0.2, 0.25) is 5.91 Å². The second kappa shape index (κ2) is 8.23. The minimum atomic E-state index is -0.543. The topological polar surface area (TPSA) is 58.4 Å². The van der Waals surface area contributed by atoms with E-state index in [9.17, 15) is 14.3 Å². The summed E-state index contributed by atoms with van der Waals surface area (Å²) < 4.78 is 15.2. The molecule has 1 saturated carbocycles. The average molecular weight is 426 g/mol. The van der Waals surface area contributed by atoms with Gasteiger partial charge in [-0.25, -0.2) is 9.07 Å². The molecular formula is C25H32FN3O2. The van der Waals surface area contributed by atoms with Gasteiger partial charge in [0.05, 0.1) is 23.7 Å². The zero-order chi connectivity index (χ0) is 22.3. The van der Waals surface area contributed by atoms with E-state index in [1.54, 1.807) is 19.1 Å². The maximum absolute atomic E-state index is 13.6.